The lowest BCUT2D eigenvalue weighted by molar-refractivity contribution is -0.155. The molecule has 1 saturated heterocycles. The van der Waals surface area contributed by atoms with Crippen LogP contribution in [0.4, 0.5) is 0 Å². The molecule has 1 atom stereocenters. The SMILES string of the molecule is COCC1CN(Cc2ccno2)CC(C)(C)O1. The summed E-state index contributed by atoms with van der Waals surface area (Å²) in [6, 6.07) is 1.90. The van der Waals surface area contributed by atoms with E-state index in [0.717, 1.165) is 25.4 Å². The highest BCUT2D eigenvalue weighted by Gasteiger charge is 2.33. The normalized spacial score (nSPS) is 25.0. The van der Waals surface area contributed by atoms with Crippen LogP contribution < -0.4 is 0 Å². The minimum Gasteiger partial charge on any atom is -0.382 e. The van der Waals surface area contributed by atoms with Gasteiger partial charge in [0.15, 0.2) is 5.76 Å². The standard InChI is InChI=1S/C12H20N2O3/c1-12(2)9-14(6-10-4-5-13-17-10)7-11(16-12)8-15-3/h4-5,11H,6-9H2,1-3H3. The molecule has 0 bridgehead atoms. The largest absolute Gasteiger partial charge is 0.382 e. The Morgan fingerprint density at radius 1 is 1.59 bits per heavy atom. The van der Waals surface area contributed by atoms with Gasteiger partial charge in [-0.05, 0) is 13.8 Å². The zero-order valence-electron chi connectivity index (χ0n) is 10.7. The highest BCUT2D eigenvalue weighted by molar-refractivity contribution is 4.95. The Balaban J connectivity index is 1.97. The van der Waals surface area contributed by atoms with E-state index in [4.69, 9.17) is 14.0 Å². The first kappa shape index (κ1) is 12.5. The lowest BCUT2D eigenvalue weighted by Crippen LogP contribution is -2.53. The highest BCUT2D eigenvalue weighted by atomic mass is 16.5. The van der Waals surface area contributed by atoms with Gasteiger partial charge in [0.25, 0.3) is 0 Å². The van der Waals surface area contributed by atoms with Crippen molar-refractivity contribution in [2.75, 3.05) is 26.8 Å². The highest BCUT2D eigenvalue weighted by Crippen LogP contribution is 2.22. The van der Waals surface area contributed by atoms with Gasteiger partial charge >= 0.3 is 0 Å². The third kappa shape index (κ3) is 3.52. The predicted octanol–water partition coefficient (Wildman–Crippen LogP) is 1.30. The lowest BCUT2D eigenvalue weighted by atomic mass is 10.1. The summed E-state index contributed by atoms with van der Waals surface area (Å²) in [4.78, 5) is 2.31. The summed E-state index contributed by atoms with van der Waals surface area (Å²) in [5.74, 6) is 0.888. The summed E-state index contributed by atoms with van der Waals surface area (Å²) in [5, 5.41) is 3.72. The van der Waals surface area contributed by atoms with Crippen molar-refractivity contribution in [1.29, 1.82) is 0 Å². The molecule has 1 fully saturated rings. The van der Waals surface area contributed by atoms with Crippen LogP contribution in [-0.2, 0) is 16.0 Å². The molecule has 96 valence electrons. The molecule has 0 aromatic carbocycles. The smallest absolute Gasteiger partial charge is 0.150 e. The van der Waals surface area contributed by atoms with Crippen molar-refractivity contribution in [2.45, 2.75) is 32.1 Å². The van der Waals surface area contributed by atoms with Crippen molar-refractivity contribution in [3.05, 3.63) is 18.0 Å². The molecule has 0 N–H and O–H groups in total. The fourth-order valence-corrected chi connectivity index (χ4v) is 2.35. The zero-order chi connectivity index (χ0) is 12.3. The first-order chi connectivity index (χ1) is 8.09. The summed E-state index contributed by atoms with van der Waals surface area (Å²) in [6.45, 7) is 7.33. The summed E-state index contributed by atoms with van der Waals surface area (Å²) < 4.78 is 16.3. The molecular formula is C12H20N2O3. The summed E-state index contributed by atoms with van der Waals surface area (Å²) in [5.41, 5.74) is -0.151. The van der Waals surface area contributed by atoms with E-state index in [9.17, 15) is 0 Å². The molecule has 1 aromatic heterocycles. The quantitative estimate of drug-likeness (QED) is 0.794. The van der Waals surface area contributed by atoms with Gasteiger partial charge in [0.05, 0.1) is 31.1 Å². The number of rotatable bonds is 4. The molecule has 0 saturated carbocycles. The second kappa shape index (κ2) is 5.16. The van der Waals surface area contributed by atoms with E-state index in [2.05, 4.69) is 23.9 Å². The van der Waals surface area contributed by atoms with Gasteiger partial charge in [-0.3, -0.25) is 4.90 Å². The molecule has 2 heterocycles. The third-order valence-corrected chi connectivity index (χ3v) is 2.78. The van der Waals surface area contributed by atoms with Gasteiger partial charge in [0.2, 0.25) is 0 Å². The van der Waals surface area contributed by atoms with E-state index in [1.54, 1.807) is 13.3 Å². The second-order valence-corrected chi connectivity index (χ2v) is 5.10. The molecule has 1 unspecified atom stereocenters. The van der Waals surface area contributed by atoms with E-state index < -0.39 is 0 Å². The Bertz CT molecular complexity index is 338. The van der Waals surface area contributed by atoms with Crippen molar-refractivity contribution in [3.8, 4) is 0 Å². The zero-order valence-corrected chi connectivity index (χ0v) is 10.7. The van der Waals surface area contributed by atoms with Gasteiger partial charge in [-0.1, -0.05) is 5.16 Å². The van der Waals surface area contributed by atoms with Crippen molar-refractivity contribution in [3.63, 3.8) is 0 Å². The molecule has 0 radical (unpaired) electrons. The Labute approximate surface area is 102 Å². The molecule has 17 heavy (non-hydrogen) atoms. The van der Waals surface area contributed by atoms with Gasteiger partial charge in [0.1, 0.15) is 0 Å². The molecule has 0 amide bonds. The van der Waals surface area contributed by atoms with Crippen LogP contribution in [0.3, 0.4) is 0 Å². The Kier molecular flexibility index (Phi) is 3.81. The summed E-state index contributed by atoms with van der Waals surface area (Å²) in [7, 11) is 1.70. The van der Waals surface area contributed by atoms with Crippen molar-refractivity contribution >= 4 is 0 Å². The van der Waals surface area contributed by atoms with Crippen LogP contribution >= 0.6 is 0 Å². The number of hydrogen-bond donors (Lipinski definition) is 0. The molecule has 5 nitrogen and oxygen atoms in total. The molecular weight excluding hydrogens is 220 g/mol. The molecule has 0 spiro atoms. The summed E-state index contributed by atoms with van der Waals surface area (Å²) >= 11 is 0. The van der Waals surface area contributed by atoms with Gasteiger partial charge < -0.3 is 14.0 Å². The van der Waals surface area contributed by atoms with Crippen molar-refractivity contribution < 1.29 is 14.0 Å². The van der Waals surface area contributed by atoms with Crippen molar-refractivity contribution in [2.24, 2.45) is 0 Å². The topological polar surface area (TPSA) is 47.7 Å². The molecule has 5 heteroatoms. The number of morpholine rings is 1. The van der Waals surface area contributed by atoms with E-state index >= 15 is 0 Å². The van der Waals surface area contributed by atoms with Crippen LogP contribution in [0.25, 0.3) is 0 Å². The molecule has 1 aliphatic rings. The maximum atomic E-state index is 5.95. The van der Waals surface area contributed by atoms with Crippen LogP contribution in [0.1, 0.15) is 19.6 Å². The van der Waals surface area contributed by atoms with Crippen LogP contribution in [-0.4, -0.2) is 48.6 Å². The van der Waals surface area contributed by atoms with Crippen LogP contribution in [0, 0.1) is 0 Å². The fraction of sp³-hybridized carbons (Fsp3) is 0.750. The number of ether oxygens (including phenoxy) is 2. The van der Waals surface area contributed by atoms with Gasteiger partial charge in [-0.2, -0.15) is 0 Å². The third-order valence-electron chi connectivity index (χ3n) is 2.78. The van der Waals surface area contributed by atoms with Gasteiger partial charge in [-0.25, -0.2) is 0 Å². The minimum atomic E-state index is -0.151. The van der Waals surface area contributed by atoms with E-state index in [1.165, 1.54) is 0 Å². The first-order valence-electron chi connectivity index (χ1n) is 5.88. The van der Waals surface area contributed by atoms with Gasteiger partial charge in [0, 0.05) is 26.3 Å². The summed E-state index contributed by atoms with van der Waals surface area (Å²) in [6.07, 6.45) is 1.79. The van der Waals surface area contributed by atoms with Crippen LogP contribution in [0.15, 0.2) is 16.8 Å². The average molecular weight is 240 g/mol. The predicted molar refractivity (Wildman–Crippen MR) is 62.6 cm³/mol. The minimum absolute atomic E-state index is 0.117. The van der Waals surface area contributed by atoms with E-state index in [-0.39, 0.29) is 11.7 Å². The second-order valence-electron chi connectivity index (χ2n) is 5.10. The number of methoxy groups -OCH3 is 1. The van der Waals surface area contributed by atoms with Crippen molar-refractivity contribution in [1.82, 2.24) is 10.1 Å². The number of nitrogens with zero attached hydrogens (tertiary/aromatic N) is 2. The molecule has 2 rings (SSSR count). The Morgan fingerprint density at radius 3 is 3.06 bits per heavy atom. The monoisotopic (exact) mass is 240 g/mol. The van der Waals surface area contributed by atoms with E-state index in [1.807, 2.05) is 6.07 Å². The molecule has 1 aliphatic heterocycles. The Morgan fingerprint density at radius 2 is 2.41 bits per heavy atom. The number of hydrogen-bond acceptors (Lipinski definition) is 5. The first-order valence-corrected chi connectivity index (χ1v) is 5.88. The van der Waals surface area contributed by atoms with Gasteiger partial charge in [-0.15, -0.1) is 0 Å². The molecule has 0 aliphatic carbocycles. The Hall–Kier alpha value is -0.910. The lowest BCUT2D eigenvalue weighted by Gasteiger charge is -2.42. The van der Waals surface area contributed by atoms with E-state index in [0.29, 0.717) is 6.61 Å². The maximum Gasteiger partial charge on any atom is 0.150 e. The van der Waals surface area contributed by atoms with Crippen LogP contribution in [0.2, 0.25) is 0 Å². The molecule has 1 aromatic rings. The fourth-order valence-electron chi connectivity index (χ4n) is 2.35. The maximum absolute atomic E-state index is 5.95. The average Bonchev–Trinajstić information content (AvgIpc) is 2.68. The van der Waals surface area contributed by atoms with Crippen LogP contribution in [0.5, 0.6) is 0 Å². The number of aromatic nitrogens is 1.